The van der Waals surface area contributed by atoms with Gasteiger partial charge in [0.1, 0.15) is 5.75 Å². The number of esters is 1. The monoisotopic (exact) mass is 412 g/mol. The van der Waals surface area contributed by atoms with E-state index >= 15 is 0 Å². The van der Waals surface area contributed by atoms with Gasteiger partial charge < -0.3 is 29.2 Å². The van der Waals surface area contributed by atoms with Gasteiger partial charge in [-0.05, 0) is 24.3 Å². The zero-order chi connectivity index (χ0) is 21.1. The van der Waals surface area contributed by atoms with Gasteiger partial charge in [0.25, 0.3) is 5.91 Å². The van der Waals surface area contributed by atoms with Crippen LogP contribution in [0.4, 0.5) is 11.4 Å². The molecule has 0 bridgehead atoms. The molecule has 4 rings (SSSR count). The summed E-state index contributed by atoms with van der Waals surface area (Å²) in [5.74, 6) is -0.264. The van der Waals surface area contributed by atoms with Crippen LogP contribution in [0.1, 0.15) is 6.42 Å². The predicted molar refractivity (Wildman–Crippen MR) is 106 cm³/mol. The minimum absolute atomic E-state index is 0.0145. The van der Waals surface area contributed by atoms with E-state index in [0.717, 1.165) is 0 Å². The first kappa shape index (κ1) is 19.6. The Morgan fingerprint density at radius 1 is 1.17 bits per heavy atom. The summed E-state index contributed by atoms with van der Waals surface area (Å²) in [5, 5.41) is 2.63. The topological polar surface area (TPSA) is 103 Å². The molecular formula is C21H20N2O7. The predicted octanol–water partition coefficient (Wildman–Crippen LogP) is 1.96. The van der Waals surface area contributed by atoms with Gasteiger partial charge in [0.2, 0.25) is 12.7 Å². The van der Waals surface area contributed by atoms with Gasteiger partial charge in [-0.1, -0.05) is 12.1 Å². The van der Waals surface area contributed by atoms with E-state index in [9.17, 15) is 14.4 Å². The minimum Gasteiger partial charge on any atom is -0.495 e. The Kier molecular flexibility index (Phi) is 5.42. The van der Waals surface area contributed by atoms with E-state index in [2.05, 4.69) is 5.32 Å². The van der Waals surface area contributed by atoms with Crippen LogP contribution in [-0.2, 0) is 19.1 Å². The standard InChI is InChI=1S/C21H20N2O7/c1-27-16-5-3-2-4-15(16)23-10-13(8-20(23)25)21(26)28-11-19(24)22-14-6-7-17-18(9-14)30-12-29-17/h2-7,9,13H,8,10-12H2,1H3,(H,22,24)/t13-/m0/s1. The number of amides is 2. The van der Waals surface area contributed by atoms with E-state index < -0.39 is 24.4 Å². The molecule has 0 radical (unpaired) electrons. The molecule has 9 nitrogen and oxygen atoms in total. The number of para-hydroxylation sites is 2. The Balaban J connectivity index is 1.31. The van der Waals surface area contributed by atoms with Crippen molar-refractivity contribution in [3.63, 3.8) is 0 Å². The molecule has 0 aliphatic carbocycles. The second kappa shape index (κ2) is 8.32. The molecule has 156 valence electrons. The number of benzene rings is 2. The van der Waals surface area contributed by atoms with Gasteiger partial charge >= 0.3 is 5.97 Å². The van der Waals surface area contributed by atoms with Gasteiger partial charge in [0.15, 0.2) is 18.1 Å². The van der Waals surface area contributed by atoms with Crippen LogP contribution in [0.15, 0.2) is 42.5 Å². The van der Waals surface area contributed by atoms with Gasteiger partial charge in [-0.15, -0.1) is 0 Å². The largest absolute Gasteiger partial charge is 0.495 e. The summed E-state index contributed by atoms with van der Waals surface area (Å²) in [7, 11) is 1.52. The average molecular weight is 412 g/mol. The van der Waals surface area contributed by atoms with Crippen molar-refractivity contribution in [1.29, 1.82) is 0 Å². The van der Waals surface area contributed by atoms with Crippen molar-refractivity contribution in [2.75, 3.05) is 37.3 Å². The van der Waals surface area contributed by atoms with Gasteiger partial charge in [-0.3, -0.25) is 14.4 Å². The van der Waals surface area contributed by atoms with Gasteiger partial charge in [-0.2, -0.15) is 0 Å². The van der Waals surface area contributed by atoms with Crippen molar-refractivity contribution >= 4 is 29.2 Å². The van der Waals surface area contributed by atoms with Crippen LogP contribution in [0.25, 0.3) is 0 Å². The molecule has 0 aromatic heterocycles. The number of carbonyl (C=O) groups excluding carboxylic acids is 3. The lowest BCUT2D eigenvalue weighted by Crippen LogP contribution is -2.28. The summed E-state index contributed by atoms with van der Waals surface area (Å²) in [5.41, 5.74) is 1.10. The first-order chi connectivity index (χ1) is 14.5. The molecule has 2 aromatic rings. The lowest BCUT2D eigenvalue weighted by Gasteiger charge is -2.19. The minimum atomic E-state index is -0.652. The van der Waals surface area contributed by atoms with Crippen molar-refractivity contribution in [3.8, 4) is 17.2 Å². The lowest BCUT2D eigenvalue weighted by molar-refractivity contribution is -0.151. The highest BCUT2D eigenvalue weighted by Gasteiger charge is 2.37. The summed E-state index contributed by atoms with van der Waals surface area (Å²) < 4.78 is 20.9. The summed E-state index contributed by atoms with van der Waals surface area (Å²) in [6.07, 6.45) is 0.0145. The van der Waals surface area contributed by atoms with E-state index in [1.807, 2.05) is 0 Å². The number of methoxy groups -OCH3 is 1. The van der Waals surface area contributed by atoms with Crippen molar-refractivity contribution < 1.29 is 33.3 Å². The van der Waals surface area contributed by atoms with Crippen LogP contribution >= 0.6 is 0 Å². The maximum absolute atomic E-state index is 12.4. The van der Waals surface area contributed by atoms with Crippen LogP contribution in [0.5, 0.6) is 17.2 Å². The molecular weight excluding hydrogens is 392 g/mol. The Morgan fingerprint density at radius 3 is 2.80 bits per heavy atom. The van der Waals surface area contributed by atoms with Crippen molar-refractivity contribution in [1.82, 2.24) is 0 Å². The summed E-state index contributed by atoms with van der Waals surface area (Å²) in [4.78, 5) is 38.4. The molecule has 0 spiro atoms. The van der Waals surface area contributed by atoms with Gasteiger partial charge in [0.05, 0.1) is 18.7 Å². The Bertz CT molecular complexity index is 991. The Hall–Kier alpha value is -3.75. The molecule has 1 N–H and O–H groups in total. The van der Waals surface area contributed by atoms with E-state index in [1.54, 1.807) is 42.5 Å². The molecule has 30 heavy (non-hydrogen) atoms. The SMILES string of the molecule is COc1ccccc1N1C[C@@H](C(=O)OCC(=O)Nc2ccc3c(c2)OCO3)CC1=O. The molecule has 2 heterocycles. The van der Waals surface area contributed by atoms with Crippen molar-refractivity contribution in [2.45, 2.75) is 6.42 Å². The average Bonchev–Trinajstić information content (AvgIpc) is 3.38. The quantitative estimate of drug-likeness (QED) is 0.724. The third-order valence-electron chi connectivity index (χ3n) is 4.84. The molecule has 0 unspecified atom stereocenters. The first-order valence-corrected chi connectivity index (χ1v) is 9.34. The molecule has 2 aliphatic rings. The summed E-state index contributed by atoms with van der Waals surface area (Å²) in [6, 6.07) is 12.1. The van der Waals surface area contributed by atoms with Crippen LogP contribution < -0.4 is 24.4 Å². The third-order valence-corrected chi connectivity index (χ3v) is 4.84. The maximum Gasteiger partial charge on any atom is 0.311 e. The zero-order valence-electron chi connectivity index (χ0n) is 16.3. The molecule has 1 saturated heterocycles. The van der Waals surface area contributed by atoms with E-state index in [-0.39, 0.29) is 25.7 Å². The second-order valence-electron chi connectivity index (χ2n) is 6.80. The molecule has 0 saturated carbocycles. The zero-order valence-corrected chi connectivity index (χ0v) is 16.3. The number of anilines is 2. The molecule has 2 aliphatic heterocycles. The number of nitrogens with zero attached hydrogens (tertiary/aromatic N) is 1. The number of hydrogen-bond donors (Lipinski definition) is 1. The number of fused-ring (bicyclic) bond motifs is 1. The highest BCUT2D eigenvalue weighted by molar-refractivity contribution is 6.01. The fourth-order valence-electron chi connectivity index (χ4n) is 3.38. The van der Waals surface area contributed by atoms with E-state index in [4.69, 9.17) is 18.9 Å². The fourth-order valence-corrected chi connectivity index (χ4v) is 3.38. The van der Waals surface area contributed by atoms with Crippen LogP contribution in [0, 0.1) is 5.92 Å². The first-order valence-electron chi connectivity index (χ1n) is 9.34. The molecule has 1 fully saturated rings. The Labute approximate surface area is 172 Å². The number of hydrogen-bond acceptors (Lipinski definition) is 7. The highest BCUT2D eigenvalue weighted by Crippen LogP contribution is 2.34. The third kappa shape index (κ3) is 4.00. The Morgan fingerprint density at radius 2 is 1.97 bits per heavy atom. The molecule has 2 amide bonds. The smallest absolute Gasteiger partial charge is 0.311 e. The lowest BCUT2D eigenvalue weighted by atomic mass is 10.1. The van der Waals surface area contributed by atoms with Crippen molar-refractivity contribution in [2.24, 2.45) is 5.92 Å². The normalized spacial score (nSPS) is 17.0. The number of rotatable bonds is 6. The summed E-state index contributed by atoms with van der Waals surface area (Å²) in [6.45, 7) is -0.148. The van der Waals surface area contributed by atoms with Gasteiger partial charge in [0, 0.05) is 24.7 Å². The van der Waals surface area contributed by atoms with Crippen molar-refractivity contribution in [3.05, 3.63) is 42.5 Å². The number of ether oxygens (including phenoxy) is 4. The summed E-state index contributed by atoms with van der Waals surface area (Å²) >= 11 is 0. The van der Waals surface area contributed by atoms with E-state index in [1.165, 1.54) is 12.0 Å². The fraction of sp³-hybridized carbons (Fsp3) is 0.286. The van der Waals surface area contributed by atoms with Crippen LogP contribution in [0.3, 0.4) is 0 Å². The van der Waals surface area contributed by atoms with Crippen LogP contribution in [0.2, 0.25) is 0 Å². The van der Waals surface area contributed by atoms with E-state index in [0.29, 0.717) is 28.6 Å². The molecule has 2 aromatic carbocycles. The highest BCUT2D eigenvalue weighted by atomic mass is 16.7. The number of carbonyl (C=O) groups is 3. The molecule has 9 heteroatoms. The maximum atomic E-state index is 12.4. The molecule has 1 atom stereocenters. The van der Waals surface area contributed by atoms with Crippen LogP contribution in [-0.4, -0.2) is 44.8 Å². The van der Waals surface area contributed by atoms with Gasteiger partial charge in [-0.25, -0.2) is 0 Å². The second-order valence-corrected chi connectivity index (χ2v) is 6.80. The number of nitrogens with one attached hydrogen (secondary N) is 1.